The molecule has 0 amide bonds. The Morgan fingerprint density at radius 2 is 2.33 bits per heavy atom. The van der Waals surface area contributed by atoms with Gasteiger partial charge in [-0.05, 0) is 19.1 Å². The maximum Gasteiger partial charge on any atom is 0.309 e. The van der Waals surface area contributed by atoms with E-state index >= 15 is 0 Å². The topological polar surface area (TPSA) is 65.2 Å². The first kappa shape index (κ1) is 11.5. The highest BCUT2D eigenvalue weighted by atomic mass is 16.5. The van der Waals surface area contributed by atoms with Crippen LogP contribution in [0.1, 0.15) is 19.5 Å². The van der Waals surface area contributed by atoms with E-state index in [2.05, 4.69) is 4.98 Å². The van der Waals surface area contributed by atoms with Crippen LogP contribution in [0.4, 0.5) is 5.69 Å². The minimum atomic E-state index is -0.184. The zero-order valence-electron chi connectivity index (χ0n) is 9.06. The predicted octanol–water partition coefficient (Wildman–Crippen LogP) is 1.41. The summed E-state index contributed by atoms with van der Waals surface area (Å²) >= 11 is 0. The van der Waals surface area contributed by atoms with Gasteiger partial charge in [0.15, 0.2) is 0 Å². The van der Waals surface area contributed by atoms with Gasteiger partial charge >= 0.3 is 5.97 Å². The lowest BCUT2D eigenvalue weighted by molar-refractivity contribution is -0.147. The van der Waals surface area contributed by atoms with Crippen molar-refractivity contribution in [1.29, 1.82) is 0 Å². The zero-order valence-corrected chi connectivity index (χ0v) is 9.06. The number of rotatable bonds is 4. The summed E-state index contributed by atoms with van der Waals surface area (Å²) in [5, 5.41) is 0. The molecular formula is C11H16N2O2. The third-order valence-electron chi connectivity index (χ3n) is 2.05. The standard InChI is InChI=1S/C11H16N2O2/c1-3-15-11(14)8(2)6-10-5-4-9(12)7-13-10/h4-5,7-8H,3,6,12H2,1-2H3. The van der Waals surface area contributed by atoms with Crippen LogP contribution in [-0.4, -0.2) is 17.6 Å². The van der Waals surface area contributed by atoms with Gasteiger partial charge in [0.05, 0.1) is 24.4 Å². The third kappa shape index (κ3) is 3.58. The maximum absolute atomic E-state index is 11.3. The summed E-state index contributed by atoms with van der Waals surface area (Å²) in [5.41, 5.74) is 6.99. The Kier molecular flexibility index (Phi) is 4.09. The van der Waals surface area contributed by atoms with E-state index in [1.54, 1.807) is 19.2 Å². The molecule has 4 heteroatoms. The quantitative estimate of drug-likeness (QED) is 0.760. The Bertz CT molecular complexity index is 322. The molecule has 1 rings (SSSR count). The van der Waals surface area contributed by atoms with E-state index in [9.17, 15) is 4.79 Å². The van der Waals surface area contributed by atoms with E-state index in [0.717, 1.165) is 5.69 Å². The average molecular weight is 208 g/mol. The Labute approximate surface area is 89.5 Å². The van der Waals surface area contributed by atoms with Crippen molar-refractivity contribution < 1.29 is 9.53 Å². The Balaban J connectivity index is 2.54. The molecule has 4 nitrogen and oxygen atoms in total. The number of esters is 1. The van der Waals surface area contributed by atoms with Gasteiger partial charge in [0.1, 0.15) is 0 Å². The fourth-order valence-corrected chi connectivity index (χ4v) is 1.24. The predicted molar refractivity (Wildman–Crippen MR) is 58.2 cm³/mol. The first-order valence-corrected chi connectivity index (χ1v) is 5.00. The number of anilines is 1. The van der Waals surface area contributed by atoms with Gasteiger partial charge in [0.2, 0.25) is 0 Å². The summed E-state index contributed by atoms with van der Waals surface area (Å²) in [6.07, 6.45) is 2.17. The molecule has 0 aliphatic carbocycles. The van der Waals surface area contributed by atoms with Gasteiger partial charge in [-0.1, -0.05) is 6.92 Å². The highest BCUT2D eigenvalue weighted by molar-refractivity contribution is 5.72. The van der Waals surface area contributed by atoms with Gasteiger partial charge in [0, 0.05) is 12.1 Å². The van der Waals surface area contributed by atoms with E-state index in [4.69, 9.17) is 10.5 Å². The van der Waals surface area contributed by atoms with E-state index in [0.29, 0.717) is 18.7 Å². The number of carbonyl (C=O) groups is 1. The lowest BCUT2D eigenvalue weighted by Gasteiger charge is -2.09. The zero-order chi connectivity index (χ0) is 11.3. The van der Waals surface area contributed by atoms with Crippen molar-refractivity contribution in [3.05, 3.63) is 24.0 Å². The second kappa shape index (κ2) is 5.34. The molecule has 0 radical (unpaired) electrons. The van der Waals surface area contributed by atoms with Crippen LogP contribution in [0.3, 0.4) is 0 Å². The first-order valence-electron chi connectivity index (χ1n) is 5.00. The first-order chi connectivity index (χ1) is 7.13. The number of ether oxygens (including phenoxy) is 1. The van der Waals surface area contributed by atoms with Crippen LogP contribution in [0.25, 0.3) is 0 Å². The molecule has 0 aliphatic rings. The van der Waals surface area contributed by atoms with Crippen molar-refractivity contribution in [2.45, 2.75) is 20.3 Å². The van der Waals surface area contributed by atoms with E-state index < -0.39 is 0 Å². The summed E-state index contributed by atoms with van der Waals surface area (Å²) < 4.78 is 4.91. The van der Waals surface area contributed by atoms with E-state index in [-0.39, 0.29) is 11.9 Å². The maximum atomic E-state index is 11.3. The average Bonchev–Trinajstić information content (AvgIpc) is 2.22. The van der Waals surface area contributed by atoms with Gasteiger partial charge in [-0.15, -0.1) is 0 Å². The van der Waals surface area contributed by atoms with Crippen LogP contribution in [-0.2, 0) is 16.0 Å². The Morgan fingerprint density at radius 3 is 2.87 bits per heavy atom. The summed E-state index contributed by atoms with van der Waals surface area (Å²) in [4.78, 5) is 15.5. The lowest BCUT2D eigenvalue weighted by atomic mass is 10.1. The van der Waals surface area contributed by atoms with E-state index in [1.165, 1.54) is 0 Å². The molecular weight excluding hydrogens is 192 g/mol. The van der Waals surface area contributed by atoms with Gasteiger partial charge in [-0.25, -0.2) is 0 Å². The molecule has 2 N–H and O–H groups in total. The number of carbonyl (C=O) groups excluding carboxylic acids is 1. The molecule has 15 heavy (non-hydrogen) atoms. The smallest absolute Gasteiger partial charge is 0.309 e. The molecule has 1 aromatic heterocycles. The number of hydrogen-bond acceptors (Lipinski definition) is 4. The highest BCUT2D eigenvalue weighted by Crippen LogP contribution is 2.09. The van der Waals surface area contributed by atoms with Crippen molar-refractivity contribution in [2.24, 2.45) is 5.92 Å². The summed E-state index contributed by atoms with van der Waals surface area (Å²) in [7, 11) is 0. The molecule has 82 valence electrons. The second-order valence-corrected chi connectivity index (χ2v) is 3.44. The minimum absolute atomic E-state index is 0.166. The third-order valence-corrected chi connectivity index (χ3v) is 2.05. The molecule has 0 aromatic carbocycles. The number of nitrogen functional groups attached to an aromatic ring is 1. The second-order valence-electron chi connectivity index (χ2n) is 3.44. The number of hydrogen-bond donors (Lipinski definition) is 1. The molecule has 0 fully saturated rings. The number of pyridine rings is 1. The highest BCUT2D eigenvalue weighted by Gasteiger charge is 2.14. The molecule has 0 bridgehead atoms. The number of aromatic nitrogens is 1. The van der Waals surface area contributed by atoms with Gasteiger partial charge in [0.25, 0.3) is 0 Å². The minimum Gasteiger partial charge on any atom is -0.466 e. The number of nitrogens with zero attached hydrogens (tertiary/aromatic N) is 1. The van der Waals surface area contributed by atoms with Crippen LogP contribution in [0.2, 0.25) is 0 Å². The van der Waals surface area contributed by atoms with Crippen molar-refractivity contribution in [3.8, 4) is 0 Å². The van der Waals surface area contributed by atoms with Gasteiger partial charge < -0.3 is 10.5 Å². The Hall–Kier alpha value is -1.58. The molecule has 1 unspecified atom stereocenters. The molecule has 1 atom stereocenters. The van der Waals surface area contributed by atoms with Crippen LogP contribution in [0.5, 0.6) is 0 Å². The summed E-state index contributed by atoms with van der Waals surface area (Å²) in [5.74, 6) is -0.350. The molecule has 1 heterocycles. The monoisotopic (exact) mass is 208 g/mol. The van der Waals surface area contributed by atoms with Gasteiger partial charge in [-0.2, -0.15) is 0 Å². The van der Waals surface area contributed by atoms with Crippen LogP contribution in [0.15, 0.2) is 18.3 Å². The summed E-state index contributed by atoms with van der Waals surface area (Å²) in [6, 6.07) is 3.60. The van der Waals surface area contributed by atoms with Crippen LogP contribution < -0.4 is 5.73 Å². The summed E-state index contributed by atoms with van der Waals surface area (Å²) in [6.45, 7) is 4.04. The molecule has 1 aromatic rings. The van der Waals surface area contributed by atoms with Crippen molar-refractivity contribution >= 4 is 11.7 Å². The van der Waals surface area contributed by atoms with Gasteiger partial charge in [-0.3, -0.25) is 9.78 Å². The molecule has 0 saturated carbocycles. The number of nitrogens with two attached hydrogens (primary N) is 1. The lowest BCUT2D eigenvalue weighted by Crippen LogP contribution is -2.17. The molecule has 0 aliphatic heterocycles. The largest absolute Gasteiger partial charge is 0.466 e. The molecule has 0 saturated heterocycles. The normalized spacial score (nSPS) is 12.1. The molecule has 0 spiro atoms. The van der Waals surface area contributed by atoms with E-state index in [1.807, 2.05) is 13.0 Å². The Morgan fingerprint density at radius 1 is 1.60 bits per heavy atom. The fraction of sp³-hybridized carbons (Fsp3) is 0.455. The van der Waals surface area contributed by atoms with Crippen molar-refractivity contribution in [1.82, 2.24) is 4.98 Å². The van der Waals surface area contributed by atoms with Crippen molar-refractivity contribution in [3.63, 3.8) is 0 Å². The van der Waals surface area contributed by atoms with Crippen molar-refractivity contribution in [2.75, 3.05) is 12.3 Å². The van der Waals surface area contributed by atoms with Crippen LogP contribution >= 0.6 is 0 Å². The SMILES string of the molecule is CCOC(=O)C(C)Cc1ccc(N)cn1. The van der Waals surface area contributed by atoms with Crippen LogP contribution in [0, 0.1) is 5.92 Å². The fourth-order valence-electron chi connectivity index (χ4n) is 1.24.